The van der Waals surface area contributed by atoms with Crippen molar-refractivity contribution in [2.24, 2.45) is 0 Å². The third-order valence-corrected chi connectivity index (χ3v) is 9.37. The van der Waals surface area contributed by atoms with E-state index in [1.165, 1.54) is 23.1 Å². The van der Waals surface area contributed by atoms with E-state index in [2.05, 4.69) is 5.32 Å². The largest absolute Gasteiger partial charge is 0.497 e. The summed E-state index contributed by atoms with van der Waals surface area (Å²) in [7, 11) is -2.66. The summed E-state index contributed by atoms with van der Waals surface area (Å²) in [6, 6.07) is 28.6. The van der Waals surface area contributed by atoms with Crippen LogP contribution in [0, 0.1) is 6.92 Å². The van der Waals surface area contributed by atoms with Crippen LogP contribution in [0.1, 0.15) is 30.0 Å². The number of carbonyl (C=O) groups excluding carboxylic acids is 2. The van der Waals surface area contributed by atoms with Crippen molar-refractivity contribution in [2.45, 2.75) is 44.2 Å². The standard InChI is InChI=1S/C35H38ClN3O5S/c1-4-20-37-35(41)33(22-27-12-7-5-8-13-27)38(24-28-14-11-15-30(21-28)44-3)34(40)25-39(32-23-29(36)19-18-26(32)2)45(42,43)31-16-9-6-10-17-31/h5-19,21,23,33H,4,20,22,24-25H2,1-3H3,(H,37,41). The van der Waals surface area contributed by atoms with E-state index in [1.54, 1.807) is 56.5 Å². The van der Waals surface area contributed by atoms with Crippen LogP contribution in [0.3, 0.4) is 0 Å². The van der Waals surface area contributed by atoms with Gasteiger partial charge >= 0.3 is 0 Å². The van der Waals surface area contributed by atoms with E-state index in [0.717, 1.165) is 15.4 Å². The fourth-order valence-electron chi connectivity index (χ4n) is 4.97. The Balaban J connectivity index is 1.83. The summed E-state index contributed by atoms with van der Waals surface area (Å²) >= 11 is 6.34. The lowest BCUT2D eigenvalue weighted by Gasteiger charge is -2.34. The topological polar surface area (TPSA) is 96.0 Å². The molecule has 4 aromatic carbocycles. The molecule has 0 fully saturated rings. The molecule has 4 rings (SSSR count). The molecular weight excluding hydrogens is 610 g/mol. The van der Waals surface area contributed by atoms with Gasteiger partial charge in [-0.1, -0.05) is 85.3 Å². The Bertz CT molecular complexity index is 1700. The predicted octanol–water partition coefficient (Wildman–Crippen LogP) is 6.02. The fourth-order valence-corrected chi connectivity index (χ4v) is 6.63. The van der Waals surface area contributed by atoms with E-state index in [9.17, 15) is 18.0 Å². The first-order valence-electron chi connectivity index (χ1n) is 14.7. The molecule has 0 aliphatic rings. The zero-order chi connectivity index (χ0) is 32.4. The number of nitrogens with one attached hydrogen (secondary N) is 1. The number of benzene rings is 4. The summed E-state index contributed by atoms with van der Waals surface area (Å²) in [6.07, 6.45) is 0.943. The summed E-state index contributed by atoms with van der Waals surface area (Å²) in [5.41, 5.74) is 2.47. The Morgan fingerprint density at radius 1 is 0.889 bits per heavy atom. The van der Waals surface area contributed by atoms with Crippen LogP contribution < -0.4 is 14.4 Å². The maximum absolute atomic E-state index is 14.5. The van der Waals surface area contributed by atoms with Crippen molar-refractivity contribution in [1.82, 2.24) is 10.2 Å². The van der Waals surface area contributed by atoms with Crippen LogP contribution in [0.15, 0.2) is 108 Å². The molecule has 0 saturated carbocycles. The lowest BCUT2D eigenvalue weighted by atomic mass is 10.0. The second kappa shape index (κ2) is 15.6. The van der Waals surface area contributed by atoms with E-state index >= 15 is 0 Å². The molecule has 1 atom stereocenters. The number of ether oxygens (including phenoxy) is 1. The molecule has 236 valence electrons. The van der Waals surface area contributed by atoms with Gasteiger partial charge in [0.2, 0.25) is 11.8 Å². The Labute approximate surface area is 270 Å². The number of nitrogens with zero attached hydrogens (tertiary/aromatic N) is 2. The Kier molecular flexibility index (Phi) is 11.6. The summed E-state index contributed by atoms with van der Waals surface area (Å²) in [6.45, 7) is 3.62. The molecule has 0 aliphatic heterocycles. The lowest BCUT2D eigenvalue weighted by molar-refractivity contribution is -0.140. The number of amides is 2. The van der Waals surface area contributed by atoms with E-state index in [0.29, 0.717) is 29.3 Å². The number of hydrogen-bond acceptors (Lipinski definition) is 5. The average Bonchev–Trinajstić information content (AvgIpc) is 3.06. The number of sulfonamides is 1. The maximum Gasteiger partial charge on any atom is 0.264 e. The van der Waals surface area contributed by atoms with Crippen LogP contribution in [0.2, 0.25) is 5.02 Å². The van der Waals surface area contributed by atoms with Gasteiger partial charge in [0.05, 0.1) is 17.7 Å². The monoisotopic (exact) mass is 647 g/mol. The van der Waals surface area contributed by atoms with Crippen molar-refractivity contribution in [1.29, 1.82) is 0 Å². The number of hydrogen-bond donors (Lipinski definition) is 1. The molecule has 0 radical (unpaired) electrons. The Morgan fingerprint density at radius 3 is 2.22 bits per heavy atom. The molecule has 0 bridgehead atoms. The molecule has 45 heavy (non-hydrogen) atoms. The smallest absolute Gasteiger partial charge is 0.264 e. The number of halogens is 1. The van der Waals surface area contributed by atoms with Crippen molar-refractivity contribution >= 4 is 39.1 Å². The van der Waals surface area contributed by atoms with Gasteiger partial charge in [-0.25, -0.2) is 8.42 Å². The first-order chi connectivity index (χ1) is 21.6. The summed E-state index contributed by atoms with van der Waals surface area (Å²) < 4.78 is 34.8. The van der Waals surface area contributed by atoms with Crippen LogP contribution in [0.4, 0.5) is 5.69 Å². The number of methoxy groups -OCH3 is 1. The van der Waals surface area contributed by atoms with Crippen molar-refractivity contribution in [3.05, 3.63) is 125 Å². The predicted molar refractivity (Wildman–Crippen MR) is 178 cm³/mol. The van der Waals surface area contributed by atoms with E-state index < -0.39 is 28.5 Å². The van der Waals surface area contributed by atoms with Gasteiger partial charge in [0, 0.05) is 24.5 Å². The van der Waals surface area contributed by atoms with Crippen molar-refractivity contribution in [3.8, 4) is 5.75 Å². The SMILES string of the molecule is CCCNC(=O)C(Cc1ccccc1)N(Cc1cccc(OC)c1)C(=O)CN(c1cc(Cl)ccc1C)S(=O)(=O)c1ccccc1. The summed E-state index contributed by atoms with van der Waals surface area (Å²) in [5, 5.41) is 3.27. The van der Waals surface area contributed by atoms with Crippen LogP contribution >= 0.6 is 11.6 Å². The van der Waals surface area contributed by atoms with E-state index in [4.69, 9.17) is 16.3 Å². The Morgan fingerprint density at radius 2 is 1.56 bits per heavy atom. The van der Waals surface area contributed by atoms with E-state index in [1.807, 2.05) is 49.4 Å². The molecule has 0 saturated heterocycles. The van der Waals surface area contributed by atoms with Crippen LogP contribution in [-0.4, -0.2) is 51.4 Å². The minimum absolute atomic E-state index is 0.0260. The molecule has 0 heterocycles. The van der Waals surface area contributed by atoms with Gasteiger partial charge in [0.1, 0.15) is 18.3 Å². The van der Waals surface area contributed by atoms with Gasteiger partial charge in [-0.2, -0.15) is 0 Å². The van der Waals surface area contributed by atoms with Gasteiger partial charge < -0.3 is 15.0 Å². The number of carbonyl (C=O) groups is 2. The number of aryl methyl sites for hydroxylation is 1. The van der Waals surface area contributed by atoms with Crippen molar-refractivity contribution < 1.29 is 22.7 Å². The van der Waals surface area contributed by atoms with Crippen molar-refractivity contribution in [3.63, 3.8) is 0 Å². The van der Waals surface area contributed by atoms with Gasteiger partial charge in [-0.15, -0.1) is 0 Å². The summed E-state index contributed by atoms with van der Waals surface area (Å²) in [5.74, 6) is -0.282. The Hall–Kier alpha value is -4.34. The second-order valence-corrected chi connectivity index (χ2v) is 12.9. The molecule has 4 aromatic rings. The van der Waals surface area contributed by atoms with Gasteiger partial charge in [0.15, 0.2) is 0 Å². The molecule has 8 nitrogen and oxygen atoms in total. The first-order valence-corrected chi connectivity index (χ1v) is 16.5. The molecule has 10 heteroatoms. The lowest BCUT2D eigenvalue weighted by Crippen LogP contribution is -2.53. The highest BCUT2D eigenvalue weighted by atomic mass is 35.5. The van der Waals surface area contributed by atoms with Gasteiger partial charge in [-0.3, -0.25) is 13.9 Å². The molecule has 1 unspecified atom stereocenters. The zero-order valence-electron chi connectivity index (χ0n) is 25.6. The van der Waals surface area contributed by atoms with Crippen LogP contribution in [0.25, 0.3) is 0 Å². The third kappa shape index (κ3) is 8.65. The third-order valence-electron chi connectivity index (χ3n) is 7.36. The fraction of sp³-hybridized carbons (Fsp3) is 0.257. The minimum Gasteiger partial charge on any atom is -0.497 e. The van der Waals surface area contributed by atoms with Gasteiger partial charge in [0.25, 0.3) is 10.0 Å². The highest BCUT2D eigenvalue weighted by Gasteiger charge is 2.35. The zero-order valence-corrected chi connectivity index (χ0v) is 27.2. The van der Waals surface area contributed by atoms with Crippen LogP contribution in [0.5, 0.6) is 5.75 Å². The highest BCUT2D eigenvalue weighted by molar-refractivity contribution is 7.92. The van der Waals surface area contributed by atoms with Crippen molar-refractivity contribution in [2.75, 3.05) is 24.5 Å². The quantitative estimate of drug-likeness (QED) is 0.181. The highest BCUT2D eigenvalue weighted by Crippen LogP contribution is 2.30. The number of anilines is 1. The number of rotatable bonds is 14. The van der Waals surface area contributed by atoms with Crippen LogP contribution in [-0.2, 0) is 32.6 Å². The molecule has 1 N–H and O–H groups in total. The maximum atomic E-state index is 14.5. The van der Waals surface area contributed by atoms with E-state index in [-0.39, 0.29) is 29.5 Å². The summed E-state index contributed by atoms with van der Waals surface area (Å²) in [4.78, 5) is 29.8. The van der Waals surface area contributed by atoms with Gasteiger partial charge in [-0.05, 0) is 66.4 Å². The average molecular weight is 648 g/mol. The molecule has 2 amide bonds. The second-order valence-electron chi connectivity index (χ2n) is 10.6. The first kappa shape index (κ1) is 33.6. The molecule has 0 aliphatic carbocycles. The molecule has 0 spiro atoms. The molecular formula is C35H38ClN3O5S. The normalized spacial score (nSPS) is 11.8. The molecule has 0 aromatic heterocycles. The minimum atomic E-state index is -4.22.